The van der Waals surface area contributed by atoms with E-state index in [0.29, 0.717) is 5.92 Å². The number of carbonyl (C=O) groups is 1. The molecule has 5 nitrogen and oxygen atoms in total. The summed E-state index contributed by atoms with van der Waals surface area (Å²) >= 11 is 1.63. The van der Waals surface area contributed by atoms with Crippen molar-refractivity contribution in [1.82, 2.24) is 14.9 Å². The van der Waals surface area contributed by atoms with Gasteiger partial charge in [-0.1, -0.05) is 13.8 Å². The van der Waals surface area contributed by atoms with Crippen molar-refractivity contribution in [3.8, 4) is 0 Å². The van der Waals surface area contributed by atoms with Crippen LogP contribution in [-0.2, 0) is 24.2 Å². The second-order valence-electron chi connectivity index (χ2n) is 6.59. The van der Waals surface area contributed by atoms with Crippen LogP contribution in [0.5, 0.6) is 0 Å². The number of aromatic nitrogens is 2. The van der Waals surface area contributed by atoms with Crippen molar-refractivity contribution in [2.75, 3.05) is 0 Å². The smallest absolute Gasteiger partial charge is 0.262 e. The average Bonchev–Trinajstić information content (AvgIpc) is 2.88. The van der Waals surface area contributed by atoms with Crippen LogP contribution >= 0.6 is 11.3 Å². The van der Waals surface area contributed by atoms with Crippen LogP contribution in [0.15, 0.2) is 11.1 Å². The maximum atomic E-state index is 12.8. The maximum Gasteiger partial charge on any atom is 0.262 e. The average molecular weight is 333 g/mol. The number of amides is 1. The molecule has 23 heavy (non-hydrogen) atoms. The highest BCUT2D eigenvalue weighted by atomic mass is 32.1. The molecule has 2 aromatic heterocycles. The van der Waals surface area contributed by atoms with E-state index in [1.54, 1.807) is 11.3 Å². The van der Waals surface area contributed by atoms with Gasteiger partial charge in [0.15, 0.2) is 0 Å². The van der Waals surface area contributed by atoms with Crippen LogP contribution in [-0.4, -0.2) is 21.5 Å². The molecule has 1 aliphatic carbocycles. The summed E-state index contributed by atoms with van der Waals surface area (Å²) < 4.78 is 1.44. The molecule has 1 amide bonds. The van der Waals surface area contributed by atoms with Crippen molar-refractivity contribution in [1.29, 1.82) is 0 Å². The van der Waals surface area contributed by atoms with E-state index < -0.39 is 0 Å². The van der Waals surface area contributed by atoms with Gasteiger partial charge in [0.1, 0.15) is 11.4 Å². The topological polar surface area (TPSA) is 64.0 Å². The van der Waals surface area contributed by atoms with E-state index in [0.717, 1.165) is 41.5 Å². The SMILES string of the molecule is CC[C@H](C)NC(=O)Cn1cnc2sc3c(c2c1=O)CC[C@H](C)C3. The van der Waals surface area contributed by atoms with Gasteiger partial charge in [0.05, 0.1) is 11.7 Å². The molecule has 124 valence electrons. The van der Waals surface area contributed by atoms with E-state index in [1.165, 1.54) is 15.8 Å². The fraction of sp³-hybridized carbons (Fsp3) is 0.588. The fourth-order valence-corrected chi connectivity index (χ4v) is 4.40. The largest absolute Gasteiger partial charge is 0.352 e. The normalized spacial score (nSPS) is 18.7. The molecule has 0 spiro atoms. The van der Waals surface area contributed by atoms with Crippen molar-refractivity contribution in [3.05, 3.63) is 27.1 Å². The van der Waals surface area contributed by atoms with Crippen LogP contribution in [0.2, 0.25) is 0 Å². The Balaban J connectivity index is 1.93. The molecule has 1 N–H and O–H groups in total. The first-order chi connectivity index (χ1) is 11.0. The van der Waals surface area contributed by atoms with E-state index in [1.807, 2.05) is 13.8 Å². The minimum Gasteiger partial charge on any atom is -0.352 e. The van der Waals surface area contributed by atoms with E-state index in [9.17, 15) is 9.59 Å². The zero-order valence-corrected chi connectivity index (χ0v) is 14.7. The van der Waals surface area contributed by atoms with Crippen LogP contribution in [0.1, 0.15) is 44.1 Å². The number of hydrogen-bond donors (Lipinski definition) is 1. The van der Waals surface area contributed by atoms with Crippen molar-refractivity contribution >= 4 is 27.5 Å². The Labute approximate surface area is 139 Å². The molecule has 0 saturated heterocycles. The van der Waals surface area contributed by atoms with Crippen LogP contribution in [0.3, 0.4) is 0 Å². The summed E-state index contributed by atoms with van der Waals surface area (Å²) in [6, 6.07) is 0.116. The second kappa shape index (κ2) is 6.43. The van der Waals surface area contributed by atoms with E-state index in [2.05, 4.69) is 17.2 Å². The molecule has 2 atom stereocenters. The summed E-state index contributed by atoms with van der Waals surface area (Å²) in [5.41, 5.74) is 1.08. The van der Waals surface area contributed by atoms with Gasteiger partial charge in [0.25, 0.3) is 5.56 Å². The summed E-state index contributed by atoms with van der Waals surface area (Å²) in [5.74, 6) is 0.527. The maximum absolute atomic E-state index is 12.8. The third-order valence-electron chi connectivity index (χ3n) is 4.62. The molecule has 2 heterocycles. The molecule has 0 aliphatic heterocycles. The van der Waals surface area contributed by atoms with Gasteiger partial charge in [-0.2, -0.15) is 0 Å². The molecule has 0 bridgehead atoms. The Morgan fingerprint density at radius 3 is 3.09 bits per heavy atom. The van der Waals surface area contributed by atoms with E-state index >= 15 is 0 Å². The number of hydrogen-bond acceptors (Lipinski definition) is 4. The Kier molecular flexibility index (Phi) is 4.53. The molecule has 0 aromatic carbocycles. The highest BCUT2D eigenvalue weighted by Gasteiger charge is 2.23. The van der Waals surface area contributed by atoms with Crippen LogP contribution in [0.4, 0.5) is 0 Å². The number of thiophene rings is 1. The highest BCUT2D eigenvalue weighted by Crippen LogP contribution is 2.35. The quantitative estimate of drug-likeness (QED) is 0.935. The summed E-state index contributed by atoms with van der Waals surface area (Å²) in [4.78, 5) is 31.4. The predicted molar refractivity (Wildman–Crippen MR) is 93.0 cm³/mol. The minimum atomic E-state index is -0.139. The lowest BCUT2D eigenvalue weighted by atomic mass is 9.89. The number of rotatable bonds is 4. The number of nitrogens with one attached hydrogen (secondary N) is 1. The van der Waals surface area contributed by atoms with Crippen molar-refractivity contribution in [2.24, 2.45) is 5.92 Å². The molecular formula is C17H23N3O2S. The van der Waals surface area contributed by atoms with Crippen molar-refractivity contribution in [2.45, 2.75) is 59.0 Å². The summed E-state index contributed by atoms with van der Waals surface area (Å²) in [5, 5.41) is 3.62. The molecule has 2 aromatic rings. The number of fused-ring (bicyclic) bond motifs is 3. The molecule has 1 aliphatic rings. The van der Waals surface area contributed by atoms with Crippen LogP contribution < -0.4 is 10.9 Å². The van der Waals surface area contributed by atoms with Gasteiger partial charge in [0, 0.05) is 10.9 Å². The Bertz CT molecular complexity index is 793. The Morgan fingerprint density at radius 1 is 1.57 bits per heavy atom. The van der Waals surface area contributed by atoms with Gasteiger partial charge >= 0.3 is 0 Å². The first-order valence-electron chi connectivity index (χ1n) is 8.28. The third kappa shape index (κ3) is 3.17. The molecule has 0 fully saturated rings. The Morgan fingerprint density at radius 2 is 2.35 bits per heavy atom. The van der Waals surface area contributed by atoms with Gasteiger partial charge in [-0.15, -0.1) is 11.3 Å². The number of nitrogens with zero attached hydrogens (tertiary/aromatic N) is 2. The van der Waals surface area contributed by atoms with Crippen molar-refractivity contribution in [3.63, 3.8) is 0 Å². The standard InChI is InChI=1S/C17H23N3O2S/c1-4-11(3)19-14(21)8-20-9-18-16-15(17(20)22)12-6-5-10(2)7-13(12)23-16/h9-11H,4-8H2,1-3H3,(H,19,21)/t10-,11-/m0/s1. The fourth-order valence-electron chi connectivity index (χ4n) is 3.06. The lowest BCUT2D eigenvalue weighted by Crippen LogP contribution is -2.37. The van der Waals surface area contributed by atoms with Crippen LogP contribution in [0, 0.1) is 5.92 Å². The first kappa shape index (κ1) is 16.2. The molecule has 3 rings (SSSR count). The van der Waals surface area contributed by atoms with E-state index in [4.69, 9.17) is 0 Å². The number of carbonyl (C=O) groups excluding carboxylic acids is 1. The monoisotopic (exact) mass is 333 g/mol. The van der Waals surface area contributed by atoms with Gasteiger partial charge < -0.3 is 5.32 Å². The Hall–Kier alpha value is -1.69. The lowest BCUT2D eigenvalue weighted by Gasteiger charge is -2.17. The highest BCUT2D eigenvalue weighted by molar-refractivity contribution is 7.18. The molecule has 0 radical (unpaired) electrons. The molecule has 0 unspecified atom stereocenters. The molecular weight excluding hydrogens is 310 g/mol. The zero-order valence-electron chi connectivity index (χ0n) is 13.9. The van der Waals surface area contributed by atoms with Gasteiger partial charge in [-0.3, -0.25) is 14.2 Å². The van der Waals surface area contributed by atoms with Gasteiger partial charge in [0.2, 0.25) is 5.91 Å². The van der Waals surface area contributed by atoms with Crippen molar-refractivity contribution < 1.29 is 4.79 Å². The zero-order chi connectivity index (χ0) is 16.6. The van der Waals surface area contributed by atoms with Gasteiger partial charge in [-0.25, -0.2) is 4.98 Å². The summed E-state index contributed by atoms with van der Waals surface area (Å²) in [7, 11) is 0. The third-order valence-corrected chi connectivity index (χ3v) is 5.78. The summed E-state index contributed by atoms with van der Waals surface area (Å²) in [6.45, 7) is 6.26. The summed E-state index contributed by atoms with van der Waals surface area (Å²) in [6.07, 6.45) is 5.46. The second-order valence-corrected chi connectivity index (χ2v) is 7.67. The number of aryl methyl sites for hydroxylation is 1. The molecule has 6 heteroatoms. The van der Waals surface area contributed by atoms with Gasteiger partial charge in [-0.05, 0) is 44.1 Å². The lowest BCUT2D eigenvalue weighted by molar-refractivity contribution is -0.122. The predicted octanol–water partition coefficient (Wildman–Crippen LogP) is 2.50. The first-order valence-corrected chi connectivity index (χ1v) is 9.10. The molecule has 0 saturated carbocycles. The van der Waals surface area contributed by atoms with Crippen LogP contribution in [0.25, 0.3) is 10.2 Å². The van der Waals surface area contributed by atoms with E-state index in [-0.39, 0.29) is 24.1 Å². The minimum absolute atomic E-state index is 0.0349.